The highest BCUT2D eigenvalue weighted by Gasteiger charge is 2.37. The van der Waals surface area contributed by atoms with Crippen LogP contribution in [0.15, 0.2) is 6.07 Å². The molecule has 0 aliphatic rings. The van der Waals surface area contributed by atoms with Crippen LogP contribution in [0.25, 0.3) is 0 Å². The summed E-state index contributed by atoms with van der Waals surface area (Å²) >= 11 is 0. The van der Waals surface area contributed by atoms with Crippen LogP contribution < -0.4 is 0 Å². The average Bonchev–Trinajstić information content (AvgIpc) is 2.29. The van der Waals surface area contributed by atoms with E-state index in [4.69, 9.17) is 0 Å². The van der Waals surface area contributed by atoms with E-state index in [0.29, 0.717) is 0 Å². The number of alkyl halides is 5. The summed E-state index contributed by atoms with van der Waals surface area (Å²) < 4.78 is 79.6. The number of nitrogens with zero attached hydrogens (tertiary/aromatic N) is 1. The van der Waals surface area contributed by atoms with E-state index in [2.05, 4.69) is 9.72 Å². The van der Waals surface area contributed by atoms with Crippen molar-refractivity contribution >= 4 is 5.97 Å². The van der Waals surface area contributed by atoms with E-state index < -0.39 is 47.8 Å². The van der Waals surface area contributed by atoms with Crippen molar-refractivity contribution in [3.63, 3.8) is 0 Å². The Morgan fingerprint density at radius 1 is 1.42 bits per heavy atom. The van der Waals surface area contributed by atoms with Crippen LogP contribution in [0.1, 0.15) is 23.4 Å². The van der Waals surface area contributed by atoms with Crippen molar-refractivity contribution in [3.05, 3.63) is 28.8 Å². The fourth-order valence-corrected chi connectivity index (χ4v) is 1.27. The first-order chi connectivity index (χ1) is 8.66. The standard InChI is InChI=1S/C10H7F6NO2/c1-19-6(18)3-4-2-5(10(14,15)16)7(11)8(17-4)9(12)13/h2,9H,3H2,1H3. The zero-order valence-corrected chi connectivity index (χ0v) is 9.39. The fraction of sp³-hybridized carbons (Fsp3) is 0.400. The number of esters is 1. The summed E-state index contributed by atoms with van der Waals surface area (Å²) in [5, 5.41) is 0. The second kappa shape index (κ2) is 5.45. The molecule has 1 rings (SSSR count). The zero-order valence-electron chi connectivity index (χ0n) is 9.39. The van der Waals surface area contributed by atoms with E-state index in [0.717, 1.165) is 7.11 Å². The zero-order chi connectivity index (χ0) is 14.8. The number of methoxy groups -OCH3 is 1. The Bertz CT molecular complexity index is 486. The molecule has 0 saturated carbocycles. The SMILES string of the molecule is COC(=O)Cc1cc(C(F)(F)F)c(F)c(C(F)F)n1. The molecule has 0 saturated heterocycles. The normalized spacial score (nSPS) is 11.8. The predicted octanol–water partition coefficient (Wildman–Crippen LogP) is 2.89. The topological polar surface area (TPSA) is 39.2 Å². The summed E-state index contributed by atoms with van der Waals surface area (Å²) in [7, 11) is 0.963. The van der Waals surface area contributed by atoms with Crippen molar-refractivity contribution in [2.24, 2.45) is 0 Å². The molecule has 0 radical (unpaired) electrons. The Balaban J connectivity index is 3.35. The van der Waals surface area contributed by atoms with Crippen molar-refractivity contribution in [3.8, 4) is 0 Å². The lowest BCUT2D eigenvalue weighted by molar-refractivity contribution is -0.142. The van der Waals surface area contributed by atoms with Gasteiger partial charge >= 0.3 is 12.1 Å². The number of pyridine rings is 1. The molecule has 0 aromatic carbocycles. The number of hydrogen-bond acceptors (Lipinski definition) is 3. The maximum Gasteiger partial charge on any atom is 0.419 e. The van der Waals surface area contributed by atoms with Crippen molar-refractivity contribution in [1.29, 1.82) is 0 Å². The number of carbonyl (C=O) groups excluding carboxylic acids is 1. The van der Waals surface area contributed by atoms with E-state index >= 15 is 0 Å². The van der Waals surface area contributed by atoms with Crippen molar-refractivity contribution in [2.45, 2.75) is 19.0 Å². The van der Waals surface area contributed by atoms with E-state index in [9.17, 15) is 31.1 Å². The quantitative estimate of drug-likeness (QED) is 0.634. The Kier molecular flexibility index (Phi) is 4.38. The van der Waals surface area contributed by atoms with Gasteiger partial charge < -0.3 is 4.74 Å². The first-order valence-electron chi connectivity index (χ1n) is 4.78. The molecule has 0 aliphatic carbocycles. The Morgan fingerprint density at radius 2 is 2.00 bits per heavy atom. The highest BCUT2D eigenvalue weighted by molar-refractivity contribution is 5.71. The highest BCUT2D eigenvalue weighted by atomic mass is 19.4. The molecule has 0 atom stereocenters. The van der Waals surface area contributed by atoms with Crippen LogP contribution in [0.3, 0.4) is 0 Å². The molecule has 0 unspecified atom stereocenters. The van der Waals surface area contributed by atoms with Gasteiger partial charge in [-0.1, -0.05) is 0 Å². The van der Waals surface area contributed by atoms with Crippen LogP contribution in [0, 0.1) is 5.82 Å². The molecule has 106 valence electrons. The molecule has 0 aliphatic heterocycles. The molecule has 0 fully saturated rings. The van der Waals surface area contributed by atoms with Crippen molar-refractivity contribution < 1.29 is 35.9 Å². The molecular formula is C10H7F6NO2. The number of ether oxygens (including phenoxy) is 1. The number of aromatic nitrogens is 1. The number of rotatable bonds is 3. The Labute approximate surface area is 103 Å². The average molecular weight is 287 g/mol. The maximum atomic E-state index is 13.2. The van der Waals surface area contributed by atoms with E-state index in [1.54, 1.807) is 0 Å². The third-order valence-electron chi connectivity index (χ3n) is 2.10. The second-order valence-electron chi connectivity index (χ2n) is 3.41. The molecule has 19 heavy (non-hydrogen) atoms. The minimum absolute atomic E-state index is 0.206. The molecular weight excluding hydrogens is 280 g/mol. The molecule has 1 aromatic heterocycles. The van der Waals surface area contributed by atoms with Gasteiger partial charge in [-0.15, -0.1) is 0 Å². The smallest absolute Gasteiger partial charge is 0.419 e. The van der Waals surface area contributed by atoms with Gasteiger partial charge in [-0.2, -0.15) is 13.2 Å². The van der Waals surface area contributed by atoms with Crippen LogP contribution >= 0.6 is 0 Å². The lowest BCUT2D eigenvalue weighted by Gasteiger charge is -2.12. The van der Waals surface area contributed by atoms with Crippen LogP contribution in [-0.4, -0.2) is 18.1 Å². The van der Waals surface area contributed by atoms with E-state index in [1.807, 2.05) is 0 Å². The summed E-state index contributed by atoms with van der Waals surface area (Å²) in [6.07, 6.45) is -9.46. The maximum absolute atomic E-state index is 13.2. The van der Waals surface area contributed by atoms with Crippen LogP contribution in [0.4, 0.5) is 26.3 Å². The molecule has 1 heterocycles. The third kappa shape index (κ3) is 3.58. The van der Waals surface area contributed by atoms with Crippen LogP contribution in [0.5, 0.6) is 0 Å². The lowest BCUT2D eigenvalue weighted by atomic mass is 10.1. The molecule has 9 heteroatoms. The first-order valence-corrected chi connectivity index (χ1v) is 4.78. The predicted molar refractivity (Wildman–Crippen MR) is 49.9 cm³/mol. The van der Waals surface area contributed by atoms with Gasteiger partial charge in [0.15, 0.2) is 5.82 Å². The second-order valence-corrected chi connectivity index (χ2v) is 3.41. The summed E-state index contributed by atoms with van der Waals surface area (Å²) in [5.41, 5.74) is -4.18. The minimum Gasteiger partial charge on any atom is -0.469 e. The molecule has 3 nitrogen and oxygen atoms in total. The summed E-state index contributed by atoms with van der Waals surface area (Å²) in [5.74, 6) is -3.12. The summed E-state index contributed by atoms with van der Waals surface area (Å²) in [6, 6.07) is 0.206. The Morgan fingerprint density at radius 3 is 2.42 bits per heavy atom. The van der Waals surface area contributed by atoms with Gasteiger partial charge in [0.1, 0.15) is 5.69 Å². The Hall–Kier alpha value is -1.80. The fourth-order valence-electron chi connectivity index (χ4n) is 1.27. The molecule has 0 bridgehead atoms. The van der Waals surface area contributed by atoms with Gasteiger partial charge in [-0.25, -0.2) is 18.2 Å². The highest BCUT2D eigenvalue weighted by Crippen LogP contribution is 2.35. The van der Waals surface area contributed by atoms with Crippen LogP contribution in [0.2, 0.25) is 0 Å². The summed E-state index contributed by atoms with van der Waals surface area (Å²) in [6.45, 7) is 0. The monoisotopic (exact) mass is 287 g/mol. The first kappa shape index (κ1) is 15.3. The number of halogens is 6. The molecule has 1 aromatic rings. The van der Waals surface area contributed by atoms with Gasteiger partial charge in [-0.3, -0.25) is 4.79 Å². The van der Waals surface area contributed by atoms with E-state index in [-0.39, 0.29) is 6.07 Å². The van der Waals surface area contributed by atoms with E-state index in [1.165, 1.54) is 0 Å². The molecule has 0 N–H and O–H groups in total. The van der Waals surface area contributed by atoms with Gasteiger partial charge in [0, 0.05) is 0 Å². The number of hydrogen-bond donors (Lipinski definition) is 0. The van der Waals surface area contributed by atoms with Crippen molar-refractivity contribution in [1.82, 2.24) is 4.98 Å². The third-order valence-corrected chi connectivity index (χ3v) is 2.10. The molecule has 0 amide bonds. The largest absolute Gasteiger partial charge is 0.469 e. The van der Waals surface area contributed by atoms with Gasteiger partial charge in [0.25, 0.3) is 6.43 Å². The van der Waals surface area contributed by atoms with Crippen molar-refractivity contribution in [2.75, 3.05) is 7.11 Å². The number of carbonyl (C=O) groups is 1. The van der Waals surface area contributed by atoms with Crippen LogP contribution in [-0.2, 0) is 22.1 Å². The minimum atomic E-state index is -5.17. The van der Waals surface area contributed by atoms with Gasteiger partial charge in [-0.05, 0) is 6.07 Å². The lowest BCUT2D eigenvalue weighted by Crippen LogP contribution is -2.15. The summed E-state index contributed by atoms with van der Waals surface area (Å²) in [4.78, 5) is 13.9. The van der Waals surface area contributed by atoms with Gasteiger partial charge in [0.2, 0.25) is 0 Å². The van der Waals surface area contributed by atoms with Gasteiger partial charge in [0.05, 0.1) is 24.8 Å². The molecule has 0 spiro atoms.